The van der Waals surface area contributed by atoms with Crippen molar-refractivity contribution in [3.63, 3.8) is 0 Å². The van der Waals surface area contributed by atoms with E-state index in [0.717, 1.165) is 12.3 Å². The van der Waals surface area contributed by atoms with Gasteiger partial charge in [-0.05, 0) is 18.2 Å². The summed E-state index contributed by atoms with van der Waals surface area (Å²) in [4.78, 5) is 23.2. The lowest BCUT2D eigenvalue weighted by Crippen LogP contribution is -2.16. The number of hydrogen-bond donors (Lipinski definition) is 1. The molecule has 1 aromatic heterocycles. The fourth-order valence-electron chi connectivity index (χ4n) is 1.76. The van der Waals surface area contributed by atoms with Crippen molar-refractivity contribution in [1.29, 1.82) is 0 Å². The lowest BCUT2D eigenvalue weighted by Gasteiger charge is -2.18. The normalized spacial score (nSPS) is 12.8. The summed E-state index contributed by atoms with van der Waals surface area (Å²) in [5.41, 5.74) is -0.485. The van der Waals surface area contributed by atoms with Crippen LogP contribution in [0, 0.1) is 0 Å². The first-order chi connectivity index (χ1) is 10.1. The molecule has 1 aliphatic heterocycles. The summed E-state index contributed by atoms with van der Waals surface area (Å²) in [6, 6.07) is 5.47. The number of fused-ring (bicyclic) bond motifs is 1. The average molecular weight is 290 g/mol. The number of esters is 1. The summed E-state index contributed by atoms with van der Waals surface area (Å²) in [5.74, 6) is -0.593. The van der Waals surface area contributed by atoms with E-state index in [2.05, 4.69) is 0 Å². The molecule has 108 valence electrons. The van der Waals surface area contributed by atoms with Crippen molar-refractivity contribution in [3.8, 4) is 23.2 Å². The lowest BCUT2D eigenvalue weighted by atomic mass is 10.2. The Balaban J connectivity index is 1.81. The minimum Gasteiger partial charge on any atom is -0.502 e. The molecule has 0 bridgehead atoms. The SMILES string of the molecule is O=C(Oc1cc(=O)c(O)co1)c1ccc2c(c1)OCCO2. The van der Waals surface area contributed by atoms with Gasteiger partial charge < -0.3 is 23.7 Å². The molecule has 2 heterocycles. The number of hydrogen-bond acceptors (Lipinski definition) is 7. The highest BCUT2D eigenvalue weighted by molar-refractivity contribution is 5.91. The maximum Gasteiger partial charge on any atom is 0.346 e. The number of carbonyl (C=O) groups is 1. The van der Waals surface area contributed by atoms with E-state index in [9.17, 15) is 9.59 Å². The Morgan fingerprint density at radius 1 is 1.14 bits per heavy atom. The van der Waals surface area contributed by atoms with E-state index in [1.807, 2.05) is 0 Å². The van der Waals surface area contributed by atoms with Crippen molar-refractivity contribution in [2.75, 3.05) is 13.2 Å². The Kier molecular flexibility index (Phi) is 3.23. The van der Waals surface area contributed by atoms with Gasteiger partial charge in [0.25, 0.3) is 5.95 Å². The topological polar surface area (TPSA) is 95.2 Å². The van der Waals surface area contributed by atoms with Gasteiger partial charge in [0.15, 0.2) is 17.2 Å². The molecule has 0 saturated heterocycles. The summed E-state index contributed by atoms with van der Waals surface area (Å²) in [7, 11) is 0. The number of ether oxygens (including phenoxy) is 3. The molecule has 0 aliphatic carbocycles. The van der Waals surface area contributed by atoms with Crippen LogP contribution in [0.4, 0.5) is 0 Å². The van der Waals surface area contributed by atoms with E-state index >= 15 is 0 Å². The van der Waals surface area contributed by atoms with Crippen molar-refractivity contribution in [2.24, 2.45) is 0 Å². The van der Waals surface area contributed by atoms with Crippen LogP contribution in [0.2, 0.25) is 0 Å². The highest BCUT2D eigenvalue weighted by Gasteiger charge is 2.17. The van der Waals surface area contributed by atoms with Gasteiger partial charge in [-0.1, -0.05) is 0 Å². The summed E-state index contributed by atoms with van der Waals surface area (Å²) in [6.45, 7) is 0.855. The first-order valence-electron chi connectivity index (χ1n) is 6.07. The monoisotopic (exact) mass is 290 g/mol. The van der Waals surface area contributed by atoms with E-state index in [4.69, 9.17) is 23.7 Å². The molecule has 1 N–H and O–H groups in total. The van der Waals surface area contributed by atoms with E-state index in [0.29, 0.717) is 24.7 Å². The fraction of sp³-hybridized carbons (Fsp3) is 0.143. The molecule has 1 aliphatic rings. The largest absolute Gasteiger partial charge is 0.502 e. The van der Waals surface area contributed by atoms with Crippen LogP contribution < -0.4 is 19.6 Å². The van der Waals surface area contributed by atoms with Crippen LogP contribution in [-0.4, -0.2) is 24.3 Å². The molecular weight excluding hydrogens is 280 g/mol. The van der Waals surface area contributed by atoms with Crippen LogP contribution in [0.1, 0.15) is 10.4 Å². The third kappa shape index (κ3) is 2.66. The van der Waals surface area contributed by atoms with Crippen molar-refractivity contribution < 1.29 is 28.5 Å². The number of aromatic hydroxyl groups is 1. The van der Waals surface area contributed by atoms with E-state index in [-0.39, 0.29) is 11.5 Å². The number of rotatable bonds is 2. The Hall–Kier alpha value is -2.96. The number of carbonyl (C=O) groups excluding carboxylic acids is 1. The van der Waals surface area contributed by atoms with Crippen molar-refractivity contribution >= 4 is 5.97 Å². The Morgan fingerprint density at radius 2 is 1.90 bits per heavy atom. The molecule has 1 aromatic carbocycles. The Labute approximate surface area is 118 Å². The molecule has 0 radical (unpaired) electrons. The maximum absolute atomic E-state index is 12.0. The van der Waals surface area contributed by atoms with Gasteiger partial charge >= 0.3 is 5.97 Å². The zero-order valence-corrected chi connectivity index (χ0v) is 10.7. The summed E-state index contributed by atoms with van der Waals surface area (Å²) in [5, 5.41) is 9.05. The molecule has 7 heteroatoms. The average Bonchev–Trinajstić information content (AvgIpc) is 2.50. The predicted octanol–water partition coefficient (Wildman–Crippen LogP) is 1.34. The van der Waals surface area contributed by atoms with E-state index in [1.54, 1.807) is 6.07 Å². The van der Waals surface area contributed by atoms with Gasteiger partial charge in [-0.2, -0.15) is 0 Å². The van der Waals surface area contributed by atoms with Crippen LogP contribution in [0.5, 0.6) is 23.2 Å². The van der Waals surface area contributed by atoms with Crippen molar-refractivity contribution in [2.45, 2.75) is 0 Å². The van der Waals surface area contributed by atoms with E-state index < -0.39 is 17.1 Å². The molecule has 3 rings (SSSR count). The molecule has 7 nitrogen and oxygen atoms in total. The second-order valence-electron chi connectivity index (χ2n) is 4.20. The molecule has 0 unspecified atom stereocenters. The summed E-state index contributed by atoms with van der Waals surface area (Å²) < 4.78 is 20.4. The molecule has 0 amide bonds. The van der Waals surface area contributed by atoms with Crippen LogP contribution in [0.15, 0.2) is 39.7 Å². The lowest BCUT2D eigenvalue weighted by molar-refractivity contribution is 0.0687. The quantitative estimate of drug-likeness (QED) is 0.834. The molecule has 21 heavy (non-hydrogen) atoms. The Bertz CT molecular complexity index is 747. The highest BCUT2D eigenvalue weighted by atomic mass is 16.6. The van der Waals surface area contributed by atoms with Crippen molar-refractivity contribution in [1.82, 2.24) is 0 Å². The van der Waals surface area contributed by atoms with Gasteiger partial charge in [-0.15, -0.1) is 0 Å². The zero-order chi connectivity index (χ0) is 14.8. The molecule has 0 atom stereocenters. The third-order valence-corrected chi connectivity index (χ3v) is 2.76. The van der Waals surface area contributed by atoms with E-state index in [1.165, 1.54) is 12.1 Å². The van der Waals surface area contributed by atoms with Gasteiger partial charge in [0.1, 0.15) is 19.5 Å². The highest BCUT2D eigenvalue weighted by Crippen LogP contribution is 2.31. The molecule has 2 aromatic rings. The number of benzene rings is 1. The standard InChI is InChI=1S/C14H10O7/c15-9-6-13(20-7-10(9)16)21-14(17)8-1-2-11-12(5-8)19-4-3-18-11/h1-2,5-7,16H,3-4H2. The first kappa shape index (κ1) is 13.0. The van der Waals surface area contributed by atoms with Crippen LogP contribution >= 0.6 is 0 Å². The summed E-state index contributed by atoms with van der Waals surface area (Å²) in [6.07, 6.45) is 0.800. The first-order valence-corrected chi connectivity index (χ1v) is 6.07. The third-order valence-electron chi connectivity index (χ3n) is 2.76. The summed E-state index contributed by atoms with van der Waals surface area (Å²) >= 11 is 0. The van der Waals surface area contributed by atoms with Crippen molar-refractivity contribution in [3.05, 3.63) is 46.3 Å². The maximum atomic E-state index is 12.0. The van der Waals surface area contributed by atoms with Gasteiger partial charge in [0.05, 0.1) is 11.6 Å². The predicted molar refractivity (Wildman–Crippen MR) is 69.0 cm³/mol. The molecular formula is C14H10O7. The zero-order valence-electron chi connectivity index (χ0n) is 10.7. The van der Waals surface area contributed by atoms with Crippen LogP contribution in [0.25, 0.3) is 0 Å². The minimum absolute atomic E-state index is 0.218. The van der Waals surface area contributed by atoms with Gasteiger partial charge in [0, 0.05) is 0 Å². The second kappa shape index (κ2) is 5.20. The van der Waals surface area contributed by atoms with Gasteiger partial charge in [-0.3, -0.25) is 4.79 Å². The minimum atomic E-state index is -0.721. The molecule has 0 fully saturated rings. The van der Waals surface area contributed by atoms with Gasteiger partial charge in [-0.25, -0.2) is 4.79 Å². The smallest absolute Gasteiger partial charge is 0.346 e. The van der Waals surface area contributed by atoms with Crippen LogP contribution in [0.3, 0.4) is 0 Å². The fourth-order valence-corrected chi connectivity index (χ4v) is 1.76. The Morgan fingerprint density at radius 3 is 2.67 bits per heavy atom. The van der Waals surface area contributed by atoms with Gasteiger partial charge in [0.2, 0.25) is 5.43 Å². The molecule has 0 saturated carbocycles. The molecule has 0 spiro atoms. The second-order valence-corrected chi connectivity index (χ2v) is 4.20. The van der Waals surface area contributed by atoms with Crippen LogP contribution in [-0.2, 0) is 0 Å².